The molecule has 0 radical (unpaired) electrons. The molecule has 1 fully saturated rings. The summed E-state index contributed by atoms with van der Waals surface area (Å²) in [5.74, 6) is -0.722. The van der Waals surface area contributed by atoms with Crippen molar-refractivity contribution < 1.29 is 27.5 Å². The van der Waals surface area contributed by atoms with Gasteiger partial charge in [-0.25, -0.2) is 13.2 Å². The summed E-state index contributed by atoms with van der Waals surface area (Å²) in [5.41, 5.74) is 1.17. The first-order chi connectivity index (χ1) is 12.7. The standard InChI is InChI=1S/C19H27NO6S/c1-14(2)10-20(17-7-8-27(23,24)13-17)18(21)12-26-19(22)16-6-4-5-15(9-16)11-25-3/h4-6,9,14,17H,7-8,10-13H2,1-3H3. The average Bonchev–Trinajstić information content (AvgIpc) is 2.97. The number of rotatable bonds is 8. The Labute approximate surface area is 160 Å². The Morgan fingerprint density at radius 3 is 2.63 bits per heavy atom. The number of nitrogens with zero attached hydrogens (tertiary/aromatic N) is 1. The lowest BCUT2D eigenvalue weighted by molar-refractivity contribution is -0.137. The van der Waals surface area contributed by atoms with E-state index in [0.29, 0.717) is 25.1 Å². The van der Waals surface area contributed by atoms with Crippen molar-refractivity contribution in [3.8, 4) is 0 Å². The van der Waals surface area contributed by atoms with Gasteiger partial charge in [-0.15, -0.1) is 0 Å². The molecule has 0 aliphatic carbocycles. The Morgan fingerprint density at radius 2 is 2.04 bits per heavy atom. The van der Waals surface area contributed by atoms with E-state index in [-0.39, 0.29) is 29.4 Å². The van der Waals surface area contributed by atoms with Crippen LogP contribution < -0.4 is 0 Å². The number of ether oxygens (including phenoxy) is 2. The lowest BCUT2D eigenvalue weighted by Gasteiger charge is -2.29. The third-order valence-corrected chi connectivity index (χ3v) is 6.08. The van der Waals surface area contributed by atoms with Crippen LogP contribution in [0.4, 0.5) is 0 Å². The Bertz CT molecular complexity index is 774. The van der Waals surface area contributed by atoms with Gasteiger partial charge in [0.15, 0.2) is 16.4 Å². The summed E-state index contributed by atoms with van der Waals surface area (Å²) in [5, 5.41) is 0. The molecular weight excluding hydrogens is 370 g/mol. The number of methoxy groups -OCH3 is 1. The highest BCUT2D eigenvalue weighted by molar-refractivity contribution is 7.91. The van der Waals surface area contributed by atoms with Gasteiger partial charge in [-0.2, -0.15) is 0 Å². The molecule has 1 aliphatic rings. The first kappa shape index (κ1) is 21.4. The Kier molecular flexibility index (Phi) is 7.38. The monoisotopic (exact) mass is 397 g/mol. The first-order valence-electron chi connectivity index (χ1n) is 8.96. The largest absolute Gasteiger partial charge is 0.452 e. The Morgan fingerprint density at radius 1 is 1.30 bits per heavy atom. The number of carbonyl (C=O) groups excluding carboxylic acids is 2. The molecule has 2 rings (SSSR count). The normalized spacial score (nSPS) is 18.4. The molecule has 1 unspecified atom stereocenters. The number of hydrogen-bond acceptors (Lipinski definition) is 6. The molecule has 1 atom stereocenters. The number of sulfone groups is 1. The van der Waals surface area contributed by atoms with Crippen LogP contribution in [-0.2, 0) is 30.7 Å². The Balaban J connectivity index is 2.00. The third-order valence-electron chi connectivity index (χ3n) is 4.33. The molecule has 8 heteroatoms. The van der Waals surface area contributed by atoms with Gasteiger partial charge in [-0.05, 0) is 30.0 Å². The van der Waals surface area contributed by atoms with Gasteiger partial charge in [-0.1, -0.05) is 26.0 Å². The summed E-state index contributed by atoms with van der Waals surface area (Å²) >= 11 is 0. The molecular formula is C19H27NO6S. The van der Waals surface area contributed by atoms with E-state index in [2.05, 4.69) is 0 Å². The minimum atomic E-state index is -3.11. The van der Waals surface area contributed by atoms with Crippen LogP contribution in [-0.4, -0.2) is 63.0 Å². The van der Waals surface area contributed by atoms with Crippen molar-refractivity contribution >= 4 is 21.7 Å². The lowest BCUT2D eigenvalue weighted by Crippen LogP contribution is -2.45. The zero-order valence-corrected chi connectivity index (χ0v) is 16.8. The molecule has 1 aliphatic heterocycles. The van der Waals surface area contributed by atoms with Crippen LogP contribution in [0.2, 0.25) is 0 Å². The topological polar surface area (TPSA) is 90.0 Å². The summed E-state index contributed by atoms with van der Waals surface area (Å²) in [6.45, 7) is 4.31. The van der Waals surface area contributed by atoms with E-state index in [0.717, 1.165) is 5.56 Å². The van der Waals surface area contributed by atoms with Crippen molar-refractivity contribution in [3.63, 3.8) is 0 Å². The van der Waals surface area contributed by atoms with Crippen molar-refractivity contribution in [1.29, 1.82) is 0 Å². The van der Waals surface area contributed by atoms with Gasteiger partial charge in [0.1, 0.15) is 0 Å². The van der Waals surface area contributed by atoms with E-state index in [1.54, 1.807) is 30.2 Å². The number of benzene rings is 1. The summed E-state index contributed by atoms with van der Waals surface area (Å²) in [4.78, 5) is 26.4. The summed E-state index contributed by atoms with van der Waals surface area (Å²) in [6.07, 6.45) is 0.424. The van der Waals surface area contributed by atoms with Gasteiger partial charge < -0.3 is 14.4 Å². The van der Waals surface area contributed by atoms with Crippen molar-refractivity contribution in [1.82, 2.24) is 4.90 Å². The van der Waals surface area contributed by atoms with Gasteiger partial charge in [0.05, 0.1) is 23.7 Å². The van der Waals surface area contributed by atoms with Crippen LogP contribution in [0.15, 0.2) is 24.3 Å². The fourth-order valence-electron chi connectivity index (χ4n) is 3.12. The maximum atomic E-state index is 12.6. The molecule has 0 N–H and O–H groups in total. The maximum Gasteiger partial charge on any atom is 0.338 e. The van der Waals surface area contributed by atoms with Crippen molar-refractivity contribution in [2.45, 2.75) is 32.9 Å². The molecule has 0 spiro atoms. The number of carbonyl (C=O) groups is 2. The summed E-state index contributed by atoms with van der Waals surface area (Å²) < 4.78 is 33.7. The van der Waals surface area contributed by atoms with Gasteiger partial charge in [0.2, 0.25) is 0 Å². The highest BCUT2D eigenvalue weighted by Crippen LogP contribution is 2.19. The fourth-order valence-corrected chi connectivity index (χ4v) is 4.85. The summed E-state index contributed by atoms with van der Waals surface area (Å²) in [6, 6.07) is 6.47. The fraction of sp³-hybridized carbons (Fsp3) is 0.579. The SMILES string of the molecule is COCc1cccc(C(=O)OCC(=O)N(CC(C)C)C2CCS(=O)(=O)C2)c1. The molecule has 150 valence electrons. The van der Waals surface area contributed by atoms with E-state index in [1.807, 2.05) is 19.9 Å². The van der Waals surface area contributed by atoms with E-state index >= 15 is 0 Å². The van der Waals surface area contributed by atoms with Crippen LogP contribution in [0.3, 0.4) is 0 Å². The van der Waals surface area contributed by atoms with Crippen LogP contribution in [0.1, 0.15) is 36.2 Å². The zero-order valence-electron chi connectivity index (χ0n) is 16.0. The van der Waals surface area contributed by atoms with E-state index in [9.17, 15) is 18.0 Å². The second kappa shape index (κ2) is 9.32. The second-order valence-electron chi connectivity index (χ2n) is 7.21. The minimum absolute atomic E-state index is 0.0293. The van der Waals surface area contributed by atoms with E-state index < -0.39 is 22.4 Å². The van der Waals surface area contributed by atoms with E-state index in [4.69, 9.17) is 9.47 Å². The minimum Gasteiger partial charge on any atom is -0.452 e. The first-order valence-corrected chi connectivity index (χ1v) is 10.8. The summed E-state index contributed by atoms with van der Waals surface area (Å²) in [7, 11) is -1.54. The molecule has 7 nitrogen and oxygen atoms in total. The molecule has 1 amide bonds. The second-order valence-corrected chi connectivity index (χ2v) is 9.44. The van der Waals surface area contributed by atoms with Crippen LogP contribution >= 0.6 is 0 Å². The van der Waals surface area contributed by atoms with Gasteiger partial charge in [0.25, 0.3) is 5.91 Å². The molecule has 1 aromatic rings. The van der Waals surface area contributed by atoms with Crippen molar-refractivity contribution in [2.75, 3.05) is 31.8 Å². The number of hydrogen-bond donors (Lipinski definition) is 0. The smallest absolute Gasteiger partial charge is 0.338 e. The quantitative estimate of drug-likeness (QED) is 0.620. The molecule has 27 heavy (non-hydrogen) atoms. The van der Waals surface area contributed by atoms with Gasteiger partial charge in [0, 0.05) is 19.7 Å². The molecule has 0 saturated carbocycles. The van der Waals surface area contributed by atoms with Crippen molar-refractivity contribution in [3.05, 3.63) is 35.4 Å². The third kappa shape index (κ3) is 6.32. The maximum absolute atomic E-state index is 12.6. The molecule has 1 saturated heterocycles. The Hall–Kier alpha value is -1.93. The predicted octanol–water partition coefficient (Wildman–Crippen LogP) is 1.66. The van der Waals surface area contributed by atoms with Crippen molar-refractivity contribution in [2.24, 2.45) is 5.92 Å². The predicted molar refractivity (Wildman–Crippen MR) is 101 cm³/mol. The van der Waals surface area contributed by atoms with E-state index in [1.165, 1.54) is 0 Å². The highest BCUT2D eigenvalue weighted by Gasteiger charge is 2.35. The van der Waals surface area contributed by atoms with Crippen LogP contribution in [0, 0.1) is 5.92 Å². The number of amides is 1. The average molecular weight is 397 g/mol. The molecule has 1 heterocycles. The number of esters is 1. The molecule has 1 aromatic carbocycles. The highest BCUT2D eigenvalue weighted by atomic mass is 32.2. The zero-order chi connectivity index (χ0) is 20.0. The molecule has 0 bridgehead atoms. The van der Waals surface area contributed by atoms with Crippen LogP contribution in [0.5, 0.6) is 0 Å². The lowest BCUT2D eigenvalue weighted by atomic mass is 10.1. The van der Waals surface area contributed by atoms with Gasteiger partial charge >= 0.3 is 5.97 Å². The molecule has 0 aromatic heterocycles. The van der Waals surface area contributed by atoms with Crippen LogP contribution in [0.25, 0.3) is 0 Å². The van der Waals surface area contributed by atoms with Gasteiger partial charge in [-0.3, -0.25) is 4.79 Å².